The number of carbonyl (C=O) groups is 3. The Hall–Kier alpha value is -2.95. The molecule has 2 aliphatic rings. The molecule has 0 spiro atoms. The van der Waals surface area contributed by atoms with Crippen LogP contribution in [0.5, 0.6) is 0 Å². The van der Waals surface area contributed by atoms with Gasteiger partial charge in [0.05, 0.1) is 5.92 Å². The van der Waals surface area contributed by atoms with E-state index in [2.05, 4.69) is 5.32 Å². The lowest BCUT2D eigenvalue weighted by Gasteiger charge is -2.28. The van der Waals surface area contributed by atoms with Crippen LogP contribution in [0.15, 0.2) is 48.5 Å². The first kappa shape index (κ1) is 20.3. The van der Waals surface area contributed by atoms with E-state index in [-0.39, 0.29) is 36.1 Å². The number of Topliss-reactive ketones (excluding diaryl/α,β-unsaturated/α-hetero) is 1. The standard InChI is InChI=1S/C25H27NO4/c1-15-8-11-20(12-16(15)2)26-21(27)14-30-25(29)23-19-10-9-18(13-19)22(23)24(28)17-6-4-3-5-7-17/h3-8,11-12,18-19,22-23H,9-10,13-14H2,1-2H3,(H,26,27)/t18-,19+,22-,23-/m0/s1. The summed E-state index contributed by atoms with van der Waals surface area (Å²) in [6.07, 6.45) is 2.81. The molecule has 5 nitrogen and oxygen atoms in total. The minimum Gasteiger partial charge on any atom is -0.455 e. The molecule has 0 unspecified atom stereocenters. The van der Waals surface area contributed by atoms with Gasteiger partial charge in [-0.15, -0.1) is 0 Å². The Labute approximate surface area is 176 Å². The van der Waals surface area contributed by atoms with E-state index < -0.39 is 11.9 Å². The van der Waals surface area contributed by atoms with Crippen LogP contribution in [0.25, 0.3) is 0 Å². The summed E-state index contributed by atoms with van der Waals surface area (Å²) >= 11 is 0. The smallest absolute Gasteiger partial charge is 0.310 e. The van der Waals surface area contributed by atoms with Crippen molar-refractivity contribution < 1.29 is 19.1 Å². The maximum Gasteiger partial charge on any atom is 0.310 e. The van der Waals surface area contributed by atoms with E-state index in [0.717, 1.165) is 30.4 Å². The minimum atomic E-state index is -0.453. The summed E-state index contributed by atoms with van der Waals surface area (Å²) < 4.78 is 5.38. The largest absolute Gasteiger partial charge is 0.455 e. The quantitative estimate of drug-likeness (QED) is 0.573. The Kier molecular flexibility index (Phi) is 5.71. The molecule has 2 aliphatic carbocycles. The third kappa shape index (κ3) is 4.02. The van der Waals surface area contributed by atoms with Gasteiger partial charge >= 0.3 is 5.97 Å². The van der Waals surface area contributed by atoms with Crippen LogP contribution in [0.2, 0.25) is 0 Å². The van der Waals surface area contributed by atoms with Crippen molar-refractivity contribution in [2.75, 3.05) is 11.9 Å². The molecule has 1 amide bonds. The Morgan fingerprint density at radius 3 is 2.33 bits per heavy atom. The summed E-state index contributed by atoms with van der Waals surface area (Å²) in [5.74, 6) is -1.18. The molecule has 156 valence electrons. The first-order valence-electron chi connectivity index (χ1n) is 10.6. The lowest BCUT2D eigenvalue weighted by Crippen LogP contribution is -2.37. The summed E-state index contributed by atoms with van der Waals surface area (Å²) in [6.45, 7) is 3.64. The number of ketones is 1. The van der Waals surface area contributed by atoms with Gasteiger partial charge in [-0.1, -0.05) is 36.4 Å². The maximum atomic E-state index is 13.1. The van der Waals surface area contributed by atoms with E-state index in [0.29, 0.717) is 11.3 Å². The third-order valence-electron chi connectivity index (χ3n) is 6.69. The number of hydrogen-bond donors (Lipinski definition) is 1. The van der Waals surface area contributed by atoms with Gasteiger partial charge in [0.2, 0.25) is 0 Å². The molecule has 30 heavy (non-hydrogen) atoms. The van der Waals surface area contributed by atoms with Crippen LogP contribution in [-0.2, 0) is 14.3 Å². The molecule has 4 atom stereocenters. The monoisotopic (exact) mass is 405 g/mol. The zero-order valence-electron chi connectivity index (χ0n) is 17.4. The molecule has 4 rings (SSSR count). The highest BCUT2D eigenvalue weighted by molar-refractivity contribution is 6.01. The molecule has 2 saturated carbocycles. The number of ether oxygens (including phenoxy) is 1. The summed E-state index contributed by atoms with van der Waals surface area (Å²) in [6, 6.07) is 14.8. The summed E-state index contributed by atoms with van der Waals surface area (Å²) in [5.41, 5.74) is 3.54. The van der Waals surface area contributed by atoms with Crippen molar-refractivity contribution in [3.63, 3.8) is 0 Å². The number of aryl methyl sites for hydroxylation is 2. The number of benzene rings is 2. The minimum absolute atomic E-state index is 0.0179. The second-order valence-corrected chi connectivity index (χ2v) is 8.57. The number of anilines is 1. The first-order chi connectivity index (χ1) is 14.4. The van der Waals surface area contributed by atoms with Crippen molar-refractivity contribution in [3.8, 4) is 0 Å². The van der Waals surface area contributed by atoms with Crippen LogP contribution in [-0.4, -0.2) is 24.3 Å². The maximum absolute atomic E-state index is 13.1. The van der Waals surface area contributed by atoms with E-state index in [1.807, 2.05) is 50.2 Å². The van der Waals surface area contributed by atoms with Gasteiger partial charge in [-0.25, -0.2) is 0 Å². The molecule has 1 N–H and O–H groups in total. The van der Waals surface area contributed by atoms with E-state index in [1.54, 1.807) is 12.1 Å². The van der Waals surface area contributed by atoms with Gasteiger partial charge in [-0.05, 0) is 68.2 Å². The number of rotatable bonds is 6. The molecule has 2 aromatic carbocycles. The zero-order valence-corrected chi connectivity index (χ0v) is 17.4. The summed E-state index contributed by atoms with van der Waals surface area (Å²) in [4.78, 5) is 38.3. The SMILES string of the molecule is Cc1ccc(NC(=O)COC(=O)[C@H]2[C@@H]3CC[C@@H](C3)[C@@H]2C(=O)c2ccccc2)cc1C. The number of amides is 1. The van der Waals surface area contributed by atoms with Crippen molar-refractivity contribution in [2.24, 2.45) is 23.7 Å². The second kappa shape index (κ2) is 8.42. The highest BCUT2D eigenvalue weighted by atomic mass is 16.5. The second-order valence-electron chi connectivity index (χ2n) is 8.57. The Morgan fingerprint density at radius 1 is 0.933 bits per heavy atom. The van der Waals surface area contributed by atoms with Crippen molar-refractivity contribution in [1.29, 1.82) is 0 Å². The molecular weight excluding hydrogens is 378 g/mol. The van der Waals surface area contributed by atoms with Crippen molar-refractivity contribution in [2.45, 2.75) is 33.1 Å². The van der Waals surface area contributed by atoms with Gasteiger partial charge in [0.25, 0.3) is 5.91 Å². The molecule has 0 radical (unpaired) electrons. The van der Waals surface area contributed by atoms with Crippen molar-refractivity contribution in [1.82, 2.24) is 0 Å². The van der Waals surface area contributed by atoms with Crippen molar-refractivity contribution in [3.05, 3.63) is 65.2 Å². The van der Waals surface area contributed by atoms with Gasteiger partial charge in [0.1, 0.15) is 0 Å². The van der Waals surface area contributed by atoms with Crippen LogP contribution in [0.1, 0.15) is 40.7 Å². The van der Waals surface area contributed by atoms with E-state index in [9.17, 15) is 14.4 Å². The zero-order chi connectivity index (χ0) is 21.3. The number of fused-ring (bicyclic) bond motifs is 2. The van der Waals surface area contributed by atoms with Crippen LogP contribution in [0.4, 0.5) is 5.69 Å². The molecular formula is C25H27NO4. The average Bonchev–Trinajstić information content (AvgIpc) is 3.36. The van der Waals surface area contributed by atoms with E-state index in [1.165, 1.54) is 0 Å². The molecule has 2 aromatic rings. The lowest BCUT2D eigenvalue weighted by atomic mass is 9.75. The van der Waals surface area contributed by atoms with E-state index >= 15 is 0 Å². The molecule has 0 aromatic heterocycles. The Balaban J connectivity index is 1.39. The molecule has 0 aliphatic heterocycles. The Morgan fingerprint density at radius 2 is 1.63 bits per heavy atom. The van der Waals surface area contributed by atoms with Gasteiger partial charge < -0.3 is 10.1 Å². The third-order valence-corrected chi connectivity index (χ3v) is 6.69. The topological polar surface area (TPSA) is 72.5 Å². The highest BCUT2D eigenvalue weighted by Gasteiger charge is 2.54. The fraction of sp³-hybridized carbons (Fsp3) is 0.400. The molecule has 0 heterocycles. The average molecular weight is 405 g/mol. The number of nitrogens with one attached hydrogen (secondary N) is 1. The van der Waals surface area contributed by atoms with Gasteiger partial charge in [-0.2, -0.15) is 0 Å². The van der Waals surface area contributed by atoms with Gasteiger partial charge in [0.15, 0.2) is 12.4 Å². The fourth-order valence-corrected chi connectivity index (χ4v) is 5.05. The summed E-state index contributed by atoms with van der Waals surface area (Å²) in [7, 11) is 0. The molecule has 0 saturated heterocycles. The normalized spacial score (nSPS) is 24.5. The Bertz CT molecular complexity index is 968. The van der Waals surface area contributed by atoms with Crippen LogP contribution < -0.4 is 5.32 Å². The highest BCUT2D eigenvalue weighted by Crippen LogP contribution is 2.53. The predicted molar refractivity (Wildman–Crippen MR) is 114 cm³/mol. The van der Waals surface area contributed by atoms with Gasteiger partial charge in [0, 0.05) is 17.2 Å². The lowest BCUT2D eigenvalue weighted by molar-refractivity contribution is -0.154. The summed E-state index contributed by atoms with van der Waals surface area (Å²) in [5, 5.41) is 2.77. The van der Waals surface area contributed by atoms with Gasteiger partial charge in [-0.3, -0.25) is 14.4 Å². The number of esters is 1. The molecule has 2 fully saturated rings. The van der Waals surface area contributed by atoms with Crippen LogP contribution in [0.3, 0.4) is 0 Å². The predicted octanol–water partition coefficient (Wildman–Crippen LogP) is 4.33. The van der Waals surface area contributed by atoms with E-state index in [4.69, 9.17) is 4.74 Å². The van der Waals surface area contributed by atoms with Crippen LogP contribution in [0, 0.1) is 37.5 Å². The first-order valence-corrected chi connectivity index (χ1v) is 10.6. The number of hydrogen-bond acceptors (Lipinski definition) is 4. The molecule has 5 heteroatoms. The van der Waals surface area contributed by atoms with Crippen molar-refractivity contribution >= 4 is 23.3 Å². The molecule has 2 bridgehead atoms. The number of carbonyl (C=O) groups excluding carboxylic acids is 3. The fourth-order valence-electron chi connectivity index (χ4n) is 5.05. The van der Waals surface area contributed by atoms with Crippen LogP contribution >= 0.6 is 0 Å².